The third-order valence-electron chi connectivity index (χ3n) is 3.33. The van der Waals surface area contributed by atoms with Crippen molar-refractivity contribution in [3.63, 3.8) is 0 Å². The summed E-state index contributed by atoms with van der Waals surface area (Å²) in [5.41, 5.74) is 1.12. The van der Waals surface area contributed by atoms with Gasteiger partial charge in [0.05, 0.1) is 12.0 Å². The van der Waals surface area contributed by atoms with E-state index in [1.165, 1.54) is 0 Å². The summed E-state index contributed by atoms with van der Waals surface area (Å²) in [6.07, 6.45) is 2.09. The smallest absolute Gasteiger partial charge is 0.231 e. The number of hydrogen-bond donors (Lipinski definition) is 0. The van der Waals surface area contributed by atoms with Gasteiger partial charge >= 0.3 is 0 Å². The average Bonchev–Trinajstić information content (AvgIpc) is 2.86. The van der Waals surface area contributed by atoms with Crippen LogP contribution in [0.25, 0.3) is 0 Å². The zero-order valence-corrected chi connectivity index (χ0v) is 9.56. The lowest BCUT2D eigenvalue weighted by atomic mass is 9.99. The Labute approximate surface area is 100 Å². The predicted molar refractivity (Wildman–Crippen MR) is 63.1 cm³/mol. The highest BCUT2D eigenvalue weighted by molar-refractivity contribution is 5.57. The number of benzene rings is 1. The van der Waals surface area contributed by atoms with Crippen LogP contribution in [-0.4, -0.2) is 19.9 Å². The van der Waals surface area contributed by atoms with Crippen LogP contribution in [-0.2, 0) is 0 Å². The highest BCUT2D eigenvalue weighted by Gasteiger charge is 2.21. The molecule has 0 aliphatic carbocycles. The molecule has 0 amide bonds. The molecule has 1 unspecified atom stereocenters. The first kappa shape index (κ1) is 10.3. The van der Waals surface area contributed by atoms with Crippen LogP contribution >= 0.6 is 0 Å². The van der Waals surface area contributed by atoms with E-state index in [0.717, 1.165) is 43.1 Å². The average molecular weight is 230 g/mol. The van der Waals surface area contributed by atoms with Crippen LogP contribution in [0, 0.1) is 17.2 Å². The number of ether oxygens (including phenoxy) is 2. The number of nitriles is 1. The number of piperidine rings is 1. The molecular weight excluding hydrogens is 216 g/mol. The molecule has 1 fully saturated rings. The largest absolute Gasteiger partial charge is 0.454 e. The SMILES string of the molecule is N#CC1CCCN(c2ccc3c(c2)OCO3)C1. The lowest BCUT2D eigenvalue weighted by molar-refractivity contribution is 0.174. The Bertz CT molecular complexity index is 467. The Hall–Kier alpha value is -1.89. The zero-order chi connectivity index (χ0) is 11.7. The van der Waals surface area contributed by atoms with Crippen LogP contribution in [0.1, 0.15) is 12.8 Å². The fraction of sp³-hybridized carbons (Fsp3) is 0.462. The third-order valence-corrected chi connectivity index (χ3v) is 3.33. The molecule has 17 heavy (non-hydrogen) atoms. The fourth-order valence-corrected chi connectivity index (χ4v) is 2.40. The van der Waals surface area contributed by atoms with E-state index in [4.69, 9.17) is 14.7 Å². The molecule has 1 atom stereocenters. The van der Waals surface area contributed by atoms with Crippen molar-refractivity contribution in [3.8, 4) is 17.6 Å². The molecule has 0 bridgehead atoms. The minimum Gasteiger partial charge on any atom is -0.454 e. The van der Waals surface area contributed by atoms with Gasteiger partial charge in [-0.2, -0.15) is 5.26 Å². The van der Waals surface area contributed by atoms with Gasteiger partial charge in [-0.15, -0.1) is 0 Å². The Balaban J connectivity index is 1.82. The molecular formula is C13H14N2O2. The standard InChI is InChI=1S/C13H14N2O2/c14-7-10-2-1-5-15(8-10)11-3-4-12-13(6-11)17-9-16-12/h3-4,6,10H,1-2,5,8-9H2. The van der Waals surface area contributed by atoms with Crippen molar-refractivity contribution in [1.82, 2.24) is 0 Å². The van der Waals surface area contributed by atoms with Crippen LogP contribution < -0.4 is 14.4 Å². The van der Waals surface area contributed by atoms with E-state index in [2.05, 4.69) is 11.0 Å². The van der Waals surface area contributed by atoms with Gasteiger partial charge < -0.3 is 14.4 Å². The first-order chi connectivity index (χ1) is 8.36. The molecule has 1 aromatic carbocycles. The molecule has 4 nitrogen and oxygen atoms in total. The maximum atomic E-state index is 8.99. The summed E-state index contributed by atoms with van der Waals surface area (Å²) < 4.78 is 10.7. The van der Waals surface area contributed by atoms with Crippen molar-refractivity contribution in [2.45, 2.75) is 12.8 Å². The minimum absolute atomic E-state index is 0.147. The molecule has 3 rings (SSSR count). The molecule has 2 heterocycles. The predicted octanol–water partition coefficient (Wildman–Crippen LogP) is 2.16. The van der Waals surface area contributed by atoms with Crippen LogP contribution in [0.5, 0.6) is 11.5 Å². The minimum atomic E-state index is 0.147. The zero-order valence-electron chi connectivity index (χ0n) is 9.56. The van der Waals surface area contributed by atoms with Crippen molar-refractivity contribution >= 4 is 5.69 Å². The lowest BCUT2D eigenvalue weighted by Crippen LogP contribution is -2.34. The highest BCUT2D eigenvalue weighted by atomic mass is 16.7. The third kappa shape index (κ3) is 1.89. The van der Waals surface area contributed by atoms with Gasteiger partial charge in [0, 0.05) is 24.8 Å². The van der Waals surface area contributed by atoms with E-state index in [-0.39, 0.29) is 5.92 Å². The van der Waals surface area contributed by atoms with Gasteiger partial charge in [-0.3, -0.25) is 0 Å². The van der Waals surface area contributed by atoms with Gasteiger partial charge in [0.2, 0.25) is 6.79 Å². The van der Waals surface area contributed by atoms with Crippen molar-refractivity contribution in [1.29, 1.82) is 5.26 Å². The van der Waals surface area contributed by atoms with Crippen LogP contribution in [0.2, 0.25) is 0 Å². The summed E-state index contributed by atoms with van der Waals surface area (Å²) >= 11 is 0. The Morgan fingerprint density at radius 2 is 2.18 bits per heavy atom. The van der Waals surface area contributed by atoms with E-state index < -0.39 is 0 Å². The van der Waals surface area contributed by atoms with E-state index >= 15 is 0 Å². The lowest BCUT2D eigenvalue weighted by Gasteiger charge is -2.31. The van der Waals surface area contributed by atoms with Crippen molar-refractivity contribution < 1.29 is 9.47 Å². The molecule has 2 aliphatic rings. The molecule has 0 saturated carbocycles. The summed E-state index contributed by atoms with van der Waals surface area (Å²) in [6, 6.07) is 8.33. The summed E-state index contributed by atoms with van der Waals surface area (Å²) in [6.45, 7) is 2.13. The van der Waals surface area contributed by atoms with Gasteiger partial charge in [0.1, 0.15) is 0 Å². The van der Waals surface area contributed by atoms with Crippen molar-refractivity contribution in [2.24, 2.45) is 5.92 Å². The molecule has 1 saturated heterocycles. The summed E-state index contributed by atoms with van der Waals surface area (Å²) in [5, 5.41) is 8.99. The monoisotopic (exact) mass is 230 g/mol. The van der Waals surface area contributed by atoms with E-state index in [1.54, 1.807) is 0 Å². The second-order valence-electron chi connectivity index (χ2n) is 4.45. The van der Waals surface area contributed by atoms with Crippen molar-refractivity contribution in [3.05, 3.63) is 18.2 Å². The first-order valence-electron chi connectivity index (χ1n) is 5.91. The van der Waals surface area contributed by atoms with E-state index in [1.807, 2.05) is 18.2 Å². The number of rotatable bonds is 1. The topological polar surface area (TPSA) is 45.5 Å². The molecule has 2 aliphatic heterocycles. The molecule has 0 spiro atoms. The maximum Gasteiger partial charge on any atom is 0.231 e. The molecule has 88 valence electrons. The van der Waals surface area contributed by atoms with Crippen LogP contribution in [0.15, 0.2) is 18.2 Å². The van der Waals surface area contributed by atoms with Gasteiger partial charge in [-0.25, -0.2) is 0 Å². The number of fused-ring (bicyclic) bond motifs is 1. The molecule has 4 heteroatoms. The molecule has 0 radical (unpaired) electrons. The molecule has 1 aromatic rings. The van der Waals surface area contributed by atoms with Gasteiger partial charge in [0.15, 0.2) is 11.5 Å². The fourth-order valence-electron chi connectivity index (χ4n) is 2.40. The highest BCUT2D eigenvalue weighted by Crippen LogP contribution is 2.36. The quantitative estimate of drug-likeness (QED) is 0.741. The van der Waals surface area contributed by atoms with E-state index in [0.29, 0.717) is 6.79 Å². The van der Waals surface area contributed by atoms with Crippen molar-refractivity contribution in [2.75, 3.05) is 24.8 Å². The number of anilines is 1. The summed E-state index contributed by atoms with van der Waals surface area (Å²) in [7, 11) is 0. The van der Waals surface area contributed by atoms with Crippen LogP contribution in [0.3, 0.4) is 0 Å². The molecule has 0 aromatic heterocycles. The first-order valence-corrected chi connectivity index (χ1v) is 5.91. The Kier molecular flexibility index (Phi) is 2.52. The Morgan fingerprint density at radius 1 is 1.29 bits per heavy atom. The van der Waals surface area contributed by atoms with Gasteiger partial charge in [-0.1, -0.05) is 0 Å². The number of hydrogen-bond acceptors (Lipinski definition) is 4. The second kappa shape index (κ2) is 4.17. The van der Waals surface area contributed by atoms with Gasteiger partial charge in [-0.05, 0) is 25.0 Å². The summed E-state index contributed by atoms with van der Waals surface area (Å²) in [5.74, 6) is 1.76. The van der Waals surface area contributed by atoms with Crippen LogP contribution in [0.4, 0.5) is 5.69 Å². The Morgan fingerprint density at radius 3 is 3.06 bits per heavy atom. The normalized spacial score (nSPS) is 22.3. The number of nitrogens with zero attached hydrogens (tertiary/aromatic N) is 2. The van der Waals surface area contributed by atoms with Gasteiger partial charge in [0.25, 0.3) is 0 Å². The van der Waals surface area contributed by atoms with E-state index in [9.17, 15) is 0 Å². The molecule has 0 N–H and O–H groups in total. The second-order valence-corrected chi connectivity index (χ2v) is 4.45. The summed E-state index contributed by atoms with van der Waals surface area (Å²) in [4.78, 5) is 2.25. The maximum absolute atomic E-state index is 8.99.